The van der Waals surface area contributed by atoms with E-state index in [9.17, 15) is 0 Å². The predicted molar refractivity (Wildman–Crippen MR) is 272 cm³/mol. The van der Waals surface area contributed by atoms with Crippen molar-refractivity contribution >= 4 is 0 Å². The molecule has 372 valence electrons. The zero-order chi connectivity index (χ0) is 46.0. The van der Waals surface area contributed by atoms with Gasteiger partial charge in [-0.3, -0.25) is 0 Å². The first-order valence-corrected chi connectivity index (χ1v) is 26.8. The van der Waals surface area contributed by atoms with Crippen molar-refractivity contribution < 1.29 is 0 Å². The van der Waals surface area contributed by atoms with Gasteiger partial charge in [0.25, 0.3) is 0 Å². The van der Waals surface area contributed by atoms with Gasteiger partial charge < -0.3 is 53.9 Å². The van der Waals surface area contributed by atoms with Crippen LogP contribution in [0.2, 0.25) is 0 Å². The number of likely N-dealkylation sites (tertiary alicyclic amines) is 11. The monoisotopic (exact) mass is 896 g/mol. The average Bonchev–Trinajstić information content (AvgIpc) is 3.53. The van der Waals surface area contributed by atoms with Gasteiger partial charge in [0, 0.05) is 88.9 Å². The molecule has 11 aliphatic heterocycles. The molecule has 0 aromatic rings. The number of hydrogen-bond acceptors (Lipinski definition) is 11. The second-order valence-electron chi connectivity index (χ2n) is 26.3. The third kappa shape index (κ3) is 13.7. The zero-order valence-electron chi connectivity index (χ0n) is 44.5. The van der Waals surface area contributed by atoms with Gasteiger partial charge in [-0.1, -0.05) is 0 Å². The molecule has 12 rings (SSSR count). The Balaban J connectivity index is 0.000000115. The molecule has 12 aliphatic rings. The summed E-state index contributed by atoms with van der Waals surface area (Å²) in [5.41, 5.74) is 4.45. The largest absolute Gasteiger partial charge is 0.306 e. The van der Waals surface area contributed by atoms with E-state index in [0.29, 0.717) is 10.8 Å². The molecule has 0 N–H and O–H groups in total. The maximum absolute atomic E-state index is 2.49. The first kappa shape index (κ1) is 51.4. The SMILES string of the molecule is CC1CC2(CC2)CN1C.CN1CC2(C1)CN(C)C2.CN1CCC2(C1)CN(C)C2.CN1CCC2(CC1)CCN(C)C2.CN1CCC2(CC1)CCN(C)CC2.CN1CCC2(CC1)CN(C)C2. The van der Waals surface area contributed by atoms with Crippen molar-refractivity contribution in [2.24, 2.45) is 32.5 Å². The van der Waals surface area contributed by atoms with Crippen LogP contribution >= 0.6 is 0 Å². The van der Waals surface area contributed by atoms with E-state index >= 15 is 0 Å². The van der Waals surface area contributed by atoms with E-state index in [1.165, 1.54) is 221 Å². The number of hydrogen-bond donors (Lipinski definition) is 0. The topological polar surface area (TPSA) is 35.6 Å². The van der Waals surface area contributed by atoms with Crippen LogP contribution in [0.1, 0.15) is 90.4 Å². The molecule has 1 saturated carbocycles. The molecule has 11 saturated heterocycles. The van der Waals surface area contributed by atoms with Crippen LogP contribution in [0.4, 0.5) is 0 Å². The van der Waals surface area contributed by atoms with Crippen LogP contribution in [-0.2, 0) is 0 Å². The fourth-order valence-electron chi connectivity index (χ4n) is 14.8. The lowest BCUT2D eigenvalue weighted by atomic mass is 9.71. The number of piperidine rings is 4. The Morgan fingerprint density at radius 3 is 0.781 bits per heavy atom. The van der Waals surface area contributed by atoms with Crippen LogP contribution in [0, 0.1) is 32.5 Å². The fourth-order valence-corrected chi connectivity index (χ4v) is 14.8. The van der Waals surface area contributed by atoms with E-state index in [1.807, 2.05) is 0 Å². The summed E-state index contributed by atoms with van der Waals surface area (Å²) in [6, 6.07) is 0.854. The van der Waals surface area contributed by atoms with Crippen molar-refractivity contribution in [2.75, 3.05) is 215 Å². The van der Waals surface area contributed by atoms with Crippen molar-refractivity contribution in [2.45, 2.75) is 96.4 Å². The molecule has 1 aliphatic carbocycles. The van der Waals surface area contributed by atoms with Gasteiger partial charge in [-0.25, -0.2) is 0 Å². The Morgan fingerprint density at radius 2 is 0.500 bits per heavy atom. The first-order valence-electron chi connectivity index (χ1n) is 26.8. The minimum absolute atomic E-state index is 0.710. The smallest absolute Gasteiger partial charge is 0.0211 e. The molecule has 12 fully saturated rings. The molecule has 1 unspecified atom stereocenters. The van der Waals surface area contributed by atoms with Crippen molar-refractivity contribution in [3.63, 3.8) is 0 Å². The third-order valence-electron chi connectivity index (χ3n) is 19.3. The van der Waals surface area contributed by atoms with Crippen molar-refractivity contribution in [3.8, 4) is 0 Å². The van der Waals surface area contributed by atoms with Gasteiger partial charge in [-0.05, 0) is 255 Å². The highest BCUT2D eigenvalue weighted by Gasteiger charge is 2.50. The van der Waals surface area contributed by atoms with Crippen LogP contribution in [-0.4, -0.2) is 275 Å². The second kappa shape index (κ2) is 21.3. The number of rotatable bonds is 0. The van der Waals surface area contributed by atoms with E-state index in [-0.39, 0.29) is 0 Å². The minimum atomic E-state index is 0.710. The molecule has 11 heteroatoms. The molecule has 0 amide bonds. The standard InChI is InChI=1S/C11H22N2.C10H20N2.C9H18N2.C8H16N2.C8H15N.C7H14N2/c1-12-7-3-11(4-8-12)5-9-13(2)10-6-11;1-11-6-3-10(4-7-11)5-8-12(2)9-10;1-10-5-3-9(4-6-10)7-11(2)8-9;1-9-4-3-8(5-9)6-10(2)7-8;1-7-5-8(3-4-8)6-9(7)2;1-8-3-7(4-8)5-9(2)6-7/h3-10H2,1-2H3;3-9H2,1-2H3;3-8H2,1-2H3;3-7H2,1-2H3;7H,3-6H2,1-2H3;3-6H2,1-2H3. The van der Waals surface area contributed by atoms with Crippen LogP contribution in [0.15, 0.2) is 0 Å². The summed E-state index contributed by atoms with van der Waals surface area (Å²) in [7, 11) is 24.5. The maximum atomic E-state index is 2.49. The molecular formula is C53H105N11. The lowest BCUT2D eigenvalue weighted by Gasteiger charge is -2.58. The average molecular weight is 896 g/mol. The summed E-state index contributed by atoms with van der Waals surface area (Å²) < 4.78 is 0. The Labute approximate surface area is 396 Å². The highest BCUT2D eigenvalue weighted by Crippen LogP contribution is 2.54. The van der Waals surface area contributed by atoms with Gasteiger partial charge in [0.15, 0.2) is 0 Å². The molecule has 64 heavy (non-hydrogen) atoms. The van der Waals surface area contributed by atoms with E-state index in [2.05, 4.69) is 138 Å². The zero-order valence-corrected chi connectivity index (χ0v) is 44.5. The van der Waals surface area contributed by atoms with Gasteiger partial charge >= 0.3 is 0 Å². The van der Waals surface area contributed by atoms with Crippen LogP contribution in [0.5, 0.6) is 0 Å². The Hall–Kier alpha value is -0.440. The molecule has 0 bridgehead atoms. The molecule has 11 heterocycles. The lowest BCUT2D eigenvalue weighted by Crippen LogP contribution is -2.70. The summed E-state index contributed by atoms with van der Waals surface area (Å²) in [5, 5.41) is 0. The minimum Gasteiger partial charge on any atom is -0.306 e. The van der Waals surface area contributed by atoms with E-state index in [0.717, 1.165) is 27.7 Å². The number of nitrogens with zero attached hydrogens (tertiary/aromatic N) is 11. The molecule has 6 spiro atoms. The highest BCUT2D eigenvalue weighted by atomic mass is 15.3. The van der Waals surface area contributed by atoms with Crippen LogP contribution < -0.4 is 0 Å². The molecule has 11 nitrogen and oxygen atoms in total. The van der Waals surface area contributed by atoms with Gasteiger partial charge in [0.2, 0.25) is 0 Å². The summed E-state index contributed by atoms with van der Waals surface area (Å²) in [6.07, 6.45) is 18.8. The van der Waals surface area contributed by atoms with Crippen LogP contribution in [0.25, 0.3) is 0 Å². The van der Waals surface area contributed by atoms with Gasteiger partial charge in [0.05, 0.1) is 0 Å². The van der Waals surface area contributed by atoms with Crippen LogP contribution in [0.3, 0.4) is 0 Å². The molecule has 0 radical (unpaired) electrons. The van der Waals surface area contributed by atoms with E-state index < -0.39 is 0 Å². The van der Waals surface area contributed by atoms with E-state index in [4.69, 9.17) is 0 Å². The molecule has 0 aromatic heterocycles. The molecule has 1 atom stereocenters. The van der Waals surface area contributed by atoms with E-state index in [1.54, 1.807) is 0 Å². The van der Waals surface area contributed by atoms with Gasteiger partial charge in [-0.2, -0.15) is 0 Å². The van der Waals surface area contributed by atoms with Gasteiger partial charge in [0.1, 0.15) is 0 Å². The summed E-state index contributed by atoms with van der Waals surface area (Å²) in [4.78, 5) is 26.9. The second-order valence-corrected chi connectivity index (χ2v) is 26.3. The summed E-state index contributed by atoms with van der Waals surface area (Å²) in [5.74, 6) is 0. The Kier molecular flexibility index (Phi) is 17.1. The van der Waals surface area contributed by atoms with Gasteiger partial charge in [-0.15, -0.1) is 0 Å². The quantitative estimate of drug-likeness (QED) is 0.340. The predicted octanol–water partition coefficient (Wildman–Crippen LogP) is 4.71. The third-order valence-corrected chi connectivity index (χ3v) is 19.3. The Bertz CT molecular complexity index is 1330. The maximum Gasteiger partial charge on any atom is 0.0211 e. The summed E-state index contributed by atoms with van der Waals surface area (Å²) in [6.45, 7) is 30.3. The highest BCUT2D eigenvalue weighted by molar-refractivity contribution is 5.04. The Morgan fingerprint density at radius 1 is 0.234 bits per heavy atom. The van der Waals surface area contributed by atoms with Crippen molar-refractivity contribution in [3.05, 3.63) is 0 Å². The normalized spacial score (nSPS) is 33.3. The first-order chi connectivity index (χ1) is 30.2. The molecule has 0 aromatic carbocycles. The fraction of sp³-hybridized carbons (Fsp3) is 1.00. The lowest BCUT2D eigenvalue weighted by molar-refractivity contribution is -0.0926. The summed E-state index contributed by atoms with van der Waals surface area (Å²) >= 11 is 0. The van der Waals surface area contributed by atoms with Crippen molar-refractivity contribution in [1.82, 2.24) is 53.9 Å². The molecular weight excluding hydrogens is 791 g/mol. The van der Waals surface area contributed by atoms with Crippen molar-refractivity contribution in [1.29, 1.82) is 0 Å².